The van der Waals surface area contributed by atoms with Crippen molar-refractivity contribution in [1.82, 2.24) is 5.32 Å². The van der Waals surface area contributed by atoms with Crippen LogP contribution in [0.25, 0.3) is 0 Å². The van der Waals surface area contributed by atoms with Crippen LogP contribution >= 0.6 is 0 Å². The van der Waals surface area contributed by atoms with Gasteiger partial charge in [0.2, 0.25) is 0 Å². The van der Waals surface area contributed by atoms with E-state index < -0.39 is 35.6 Å². The number of dihydropyridines is 1. The van der Waals surface area contributed by atoms with Gasteiger partial charge in [-0.25, -0.2) is 19.2 Å². The summed E-state index contributed by atoms with van der Waals surface area (Å²) < 4.78 is 26.2. The maximum absolute atomic E-state index is 13.2. The number of esters is 4. The topological polar surface area (TPSA) is 138 Å². The minimum atomic E-state index is -1.36. The molecule has 2 aliphatic rings. The van der Waals surface area contributed by atoms with Crippen LogP contribution in [0.3, 0.4) is 0 Å². The summed E-state index contributed by atoms with van der Waals surface area (Å²) in [7, 11) is 1.50. The summed E-state index contributed by atoms with van der Waals surface area (Å²) in [5.74, 6) is -5.02. The Kier molecular flexibility index (Phi) is 9.18. The lowest BCUT2D eigenvalue weighted by Crippen LogP contribution is -2.42. The van der Waals surface area contributed by atoms with Crippen LogP contribution in [0.1, 0.15) is 53.0 Å². The predicted octanol–water partition coefficient (Wildman–Crippen LogP) is 3.19. The van der Waals surface area contributed by atoms with Crippen molar-refractivity contribution in [2.75, 3.05) is 25.6 Å². The lowest BCUT2D eigenvalue weighted by Gasteiger charge is -2.31. The van der Waals surface area contributed by atoms with E-state index in [4.69, 9.17) is 23.7 Å². The number of hydrogen-bond acceptors (Lipinski definition) is 11. The van der Waals surface area contributed by atoms with Crippen LogP contribution in [0, 0.1) is 0 Å². The summed E-state index contributed by atoms with van der Waals surface area (Å²) in [4.78, 5) is 51.1. The van der Waals surface area contributed by atoms with Gasteiger partial charge in [0.1, 0.15) is 6.61 Å². The first kappa shape index (κ1) is 29.4. The van der Waals surface area contributed by atoms with Gasteiger partial charge in [-0.05, 0) is 45.4 Å². The van der Waals surface area contributed by atoms with Crippen LogP contribution < -0.4 is 10.6 Å². The number of benzene rings is 1. The summed E-state index contributed by atoms with van der Waals surface area (Å²) in [6.07, 6.45) is 0.805. The van der Waals surface area contributed by atoms with Crippen LogP contribution in [-0.4, -0.2) is 56.1 Å². The summed E-state index contributed by atoms with van der Waals surface area (Å²) in [5, 5.41) is 6.01. The molecule has 1 aromatic carbocycles. The van der Waals surface area contributed by atoms with Crippen LogP contribution in [0.2, 0.25) is 0 Å². The summed E-state index contributed by atoms with van der Waals surface area (Å²) in [6, 6.07) is 6.86. The van der Waals surface area contributed by atoms with Crippen molar-refractivity contribution in [1.29, 1.82) is 0 Å². The molecule has 11 heteroatoms. The van der Waals surface area contributed by atoms with Gasteiger partial charge in [-0.3, -0.25) is 0 Å². The first-order chi connectivity index (χ1) is 18.3. The van der Waals surface area contributed by atoms with E-state index in [0.717, 1.165) is 0 Å². The first-order valence-electron chi connectivity index (χ1n) is 12.4. The Morgan fingerprint density at radius 1 is 1.05 bits per heavy atom. The fraction of sp³-hybridized carbons (Fsp3) is 0.429. The Balaban J connectivity index is 2.01. The van der Waals surface area contributed by atoms with Gasteiger partial charge in [-0.15, -0.1) is 0 Å². The van der Waals surface area contributed by atoms with Gasteiger partial charge in [0.05, 0.1) is 29.8 Å². The quantitative estimate of drug-likeness (QED) is 0.156. The van der Waals surface area contributed by atoms with E-state index >= 15 is 0 Å². The zero-order valence-electron chi connectivity index (χ0n) is 23.1. The van der Waals surface area contributed by atoms with Gasteiger partial charge >= 0.3 is 23.9 Å². The van der Waals surface area contributed by atoms with Gasteiger partial charge in [-0.1, -0.05) is 12.1 Å². The largest absolute Gasteiger partial charge is 0.460 e. The molecule has 1 saturated heterocycles. The van der Waals surface area contributed by atoms with E-state index in [2.05, 4.69) is 10.6 Å². The molecule has 1 atom stereocenters. The Labute approximate surface area is 227 Å². The first-order valence-corrected chi connectivity index (χ1v) is 12.4. The molecule has 1 fully saturated rings. The highest BCUT2D eigenvalue weighted by molar-refractivity contribution is 6.15. The van der Waals surface area contributed by atoms with E-state index in [-0.39, 0.29) is 36.0 Å². The molecule has 2 aliphatic heterocycles. The van der Waals surface area contributed by atoms with Crippen LogP contribution in [-0.2, 0) is 42.9 Å². The second kappa shape index (κ2) is 12.2. The van der Waals surface area contributed by atoms with Gasteiger partial charge in [0, 0.05) is 44.2 Å². The average molecular weight is 543 g/mol. The highest BCUT2D eigenvalue weighted by Crippen LogP contribution is 2.40. The highest BCUT2D eigenvalue weighted by atomic mass is 16.7. The van der Waals surface area contributed by atoms with E-state index in [9.17, 15) is 19.2 Å². The van der Waals surface area contributed by atoms with Crippen LogP contribution in [0.15, 0.2) is 58.6 Å². The fourth-order valence-corrected chi connectivity index (χ4v) is 4.18. The summed E-state index contributed by atoms with van der Waals surface area (Å²) >= 11 is 0. The number of ether oxygens (including phenoxy) is 5. The number of rotatable bonds is 9. The monoisotopic (exact) mass is 542 g/mol. The van der Waals surface area contributed by atoms with Crippen molar-refractivity contribution in [3.8, 4) is 0 Å². The zero-order chi connectivity index (χ0) is 28.9. The number of methoxy groups -OCH3 is 1. The number of carbonyl (C=O) groups excluding carboxylic acids is 4. The lowest BCUT2D eigenvalue weighted by atomic mass is 9.80. The van der Waals surface area contributed by atoms with Crippen molar-refractivity contribution < 1.29 is 42.9 Å². The van der Waals surface area contributed by atoms with Crippen molar-refractivity contribution in [3.63, 3.8) is 0 Å². The molecule has 0 aromatic heterocycles. The van der Waals surface area contributed by atoms with Crippen LogP contribution in [0.4, 0.5) is 5.69 Å². The molecular weight excluding hydrogens is 508 g/mol. The van der Waals surface area contributed by atoms with E-state index in [1.807, 2.05) is 0 Å². The molecule has 210 valence electrons. The molecular formula is C28H34N2O9. The zero-order valence-corrected chi connectivity index (χ0v) is 23.1. The lowest BCUT2D eigenvalue weighted by molar-refractivity contribution is -0.222. The number of anilines is 1. The van der Waals surface area contributed by atoms with Crippen molar-refractivity contribution >= 4 is 29.6 Å². The number of nitrogens with one attached hydrogen (secondary N) is 2. The smallest absolute Gasteiger partial charge is 0.350 e. The Bertz CT molecular complexity index is 1240. The molecule has 0 bridgehead atoms. The average Bonchev–Trinajstić information content (AvgIpc) is 2.82. The number of carbonyl (C=O) groups is 4. The third-order valence-electron chi connectivity index (χ3n) is 5.78. The number of allylic oxidation sites excluding steroid dienone is 2. The molecule has 11 nitrogen and oxygen atoms in total. The second-order valence-electron chi connectivity index (χ2n) is 9.72. The van der Waals surface area contributed by atoms with Crippen molar-refractivity contribution in [3.05, 3.63) is 64.1 Å². The van der Waals surface area contributed by atoms with E-state index in [1.54, 1.807) is 52.0 Å². The highest BCUT2D eigenvalue weighted by Gasteiger charge is 2.40. The second-order valence-corrected chi connectivity index (χ2v) is 9.72. The van der Waals surface area contributed by atoms with Crippen molar-refractivity contribution in [2.45, 2.75) is 59.4 Å². The molecule has 2 heterocycles. The molecule has 0 radical (unpaired) electrons. The molecule has 2 N–H and O–H groups in total. The summed E-state index contributed by atoms with van der Waals surface area (Å²) in [5.41, 5.74) is 2.29. The maximum atomic E-state index is 13.2. The van der Waals surface area contributed by atoms with Crippen molar-refractivity contribution in [2.24, 2.45) is 0 Å². The summed E-state index contributed by atoms with van der Waals surface area (Å²) in [6.45, 7) is 10.1. The molecule has 1 unspecified atom stereocenters. The molecule has 0 aliphatic carbocycles. The molecule has 39 heavy (non-hydrogen) atoms. The third-order valence-corrected chi connectivity index (χ3v) is 5.78. The molecule has 0 amide bonds. The SMILES string of the molecule is COCCOC(=O)C1=C(C)NC(C)=C(C(=O)OC(C)C)C1c1cccc(NC=C2C(=O)OC(C)(C)OC2=O)c1. The minimum absolute atomic E-state index is 0.0332. The van der Waals surface area contributed by atoms with E-state index in [0.29, 0.717) is 22.6 Å². The fourth-order valence-electron chi connectivity index (χ4n) is 4.18. The Hall–Kier alpha value is -4.12. The van der Waals surface area contributed by atoms with E-state index in [1.165, 1.54) is 27.2 Å². The molecule has 0 saturated carbocycles. The minimum Gasteiger partial charge on any atom is -0.460 e. The van der Waals surface area contributed by atoms with Crippen LogP contribution in [0.5, 0.6) is 0 Å². The van der Waals surface area contributed by atoms with Gasteiger partial charge < -0.3 is 34.3 Å². The third kappa shape index (κ3) is 7.05. The molecule has 3 rings (SSSR count). The molecule has 0 spiro atoms. The Morgan fingerprint density at radius 2 is 1.67 bits per heavy atom. The number of hydrogen-bond donors (Lipinski definition) is 2. The predicted molar refractivity (Wildman–Crippen MR) is 140 cm³/mol. The Morgan fingerprint density at radius 3 is 2.26 bits per heavy atom. The maximum Gasteiger partial charge on any atom is 0.350 e. The van der Waals surface area contributed by atoms with Gasteiger partial charge in [0.25, 0.3) is 5.79 Å². The molecule has 1 aromatic rings. The standard InChI is InChI=1S/C28H34N2O9/c1-15(2)37-27(34)22-17(4)30-16(3)21(26(33)36-12-11-35-7)23(22)18-9-8-10-19(13-18)29-14-20-24(31)38-28(5,6)39-25(20)32/h8-10,13-15,23,29-30H,11-12H2,1-7H3. The normalized spacial score (nSPS) is 18.8. The van der Waals surface area contributed by atoms with Gasteiger partial charge in [0.15, 0.2) is 5.57 Å². The number of cyclic esters (lactones) is 2. The van der Waals surface area contributed by atoms with Gasteiger partial charge in [-0.2, -0.15) is 0 Å².